The molecule has 1 N–H and O–H groups in total. The molecule has 0 aliphatic heterocycles. The van der Waals surface area contributed by atoms with Crippen molar-refractivity contribution in [2.75, 3.05) is 18.5 Å². The zero-order valence-corrected chi connectivity index (χ0v) is 11.9. The highest BCUT2D eigenvalue weighted by atomic mass is 32.1. The molecule has 19 heavy (non-hydrogen) atoms. The lowest BCUT2D eigenvalue weighted by Crippen LogP contribution is -2.10. The first-order chi connectivity index (χ1) is 9.31. The smallest absolute Gasteiger partial charge is 0.321 e. The van der Waals surface area contributed by atoms with Crippen molar-refractivity contribution in [3.8, 4) is 6.01 Å². The van der Waals surface area contributed by atoms with Crippen molar-refractivity contribution >= 4 is 17.3 Å². The summed E-state index contributed by atoms with van der Waals surface area (Å²) < 4.78 is 5.37. The molecule has 0 spiro atoms. The van der Waals surface area contributed by atoms with Crippen molar-refractivity contribution in [2.45, 2.75) is 26.7 Å². The van der Waals surface area contributed by atoms with Gasteiger partial charge in [0.15, 0.2) is 0 Å². The van der Waals surface area contributed by atoms with Gasteiger partial charge in [-0.25, -0.2) is 4.98 Å². The average molecular weight is 279 g/mol. The molecular weight excluding hydrogens is 262 g/mol. The first kappa shape index (κ1) is 13.7. The zero-order chi connectivity index (χ0) is 13.5. The molecule has 0 bridgehead atoms. The Morgan fingerprint density at radius 2 is 2.16 bits per heavy atom. The van der Waals surface area contributed by atoms with Gasteiger partial charge >= 0.3 is 6.01 Å². The molecule has 0 unspecified atom stereocenters. The summed E-state index contributed by atoms with van der Waals surface area (Å²) >= 11 is 1.59. The van der Waals surface area contributed by atoms with Crippen LogP contribution in [0.1, 0.15) is 31.1 Å². The van der Waals surface area contributed by atoms with Gasteiger partial charge in [-0.05, 0) is 13.3 Å². The van der Waals surface area contributed by atoms with Gasteiger partial charge in [-0.1, -0.05) is 6.92 Å². The lowest BCUT2D eigenvalue weighted by Gasteiger charge is -2.07. The van der Waals surface area contributed by atoms with Crippen LogP contribution in [0.2, 0.25) is 0 Å². The lowest BCUT2D eigenvalue weighted by molar-refractivity contribution is 0.310. The number of nitrogens with one attached hydrogen (secondary N) is 1. The highest BCUT2D eigenvalue weighted by Gasteiger charge is 2.09. The summed E-state index contributed by atoms with van der Waals surface area (Å²) in [7, 11) is 0. The van der Waals surface area contributed by atoms with Gasteiger partial charge in [0.2, 0.25) is 5.95 Å². The van der Waals surface area contributed by atoms with Gasteiger partial charge in [0.25, 0.3) is 0 Å². The van der Waals surface area contributed by atoms with Crippen LogP contribution < -0.4 is 10.1 Å². The predicted octanol–water partition coefficient (Wildman–Crippen LogP) is 2.14. The van der Waals surface area contributed by atoms with E-state index in [1.54, 1.807) is 17.5 Å². The van der Waals surface area contributed by atoms with Gasteiger partial charge < -0.3 is 10.1 Å². The van der Waals surface area contributed by atoms with Gasteiger partial charge in [-0.2, -0.15) is 15.0 Å². The van der Waals surface area contributed by atoms with Gasteiger partial charge in [0.1, 0.15) is 10.8 Å². The molecule has 2 rings (SSSR count). The second-order valence-corrected chi connectivity index (χ2v) is 4.80. The van der Waals surface area contributed by atoms with Crippen molar-refractivity contribution in [1.82, 2.24) is 19.9 Å². The van der Waals surface area contributed by atoms with E-state index >= 15 is 0 Å². The number of thiazole rings is 1. The Kier molecular flexibility index (Phi) is 5.02. The van der Waals surface area contributed by atoms with Crippen LogP contribution in [-0.2, 0) is 6.42 Å². The molecular formula is C12H17N5OS. The van der Waals surface area contributed by atoms with Crippen LogP contribution in [0, 0.1) is 0 Å². The summed E-state index contributed by atoms with van der Waals surface area (Å²) in [5.41, 5.74) is 0. The number of rotatable bonds is 7. The summed E-state index contributed by atoms with van der Waals surface area (Å²) in [6, 6.07) is 0.364. The molecule has 2 aromatic heterocycles. The third kappa shape index (κ3) is 4.13. The fraction of sp³-hybridized carbons (Fsp3) is 0.500. The van der Waals surface area contributed by atoms with Crippen LogP contribution in [0.25, 0.3) is 0 Å². The van der Waals surface area contributed by atoms with E-state index in [2.05, 4.69) is 32.2 Å². The van der Waals surface area contributed by atoms with E-state index in [0.29, 0.717) is 30.8 Å². The molecule has 0 saturated heterocycles. The average Bonchev–Trinajstić information content (AvgIpc) is 2.89. The molecule has 7 heteroatoms. The van der Waals surface area contributed by atoms with Crippen molar-refractivity contribution in [3.05, 3.63) is 22.4 Å². The SMILES string of the molecule is CCCNc1nc(Cc2nccs2)nc(OCC)n1. The minimum absolute atomic E-state index is 0.364. The summed E-state index contributed by atoms with van der Waals surface area (Å²) in [6.07, 6.45) is 3.39. The lowest BCUT2D eigenvalue weighted by atomic mass is 10.4. The van der Waals surface area contributed by atoms with Crippen LogP contribution in [-0.4, -0.2) is 33.1 Å². The Balaban J connectivity index is 2.17. The van der Waals surface area contributed by atoms with E-state index < -0.39 is 0 Å². The highest BCUT2D eigenvalue weighted by Crippen LogP contribution is 2.13. The summed E-state index contributed by atoms with van der Waals surface area (Å²) in [4.78, 5) is 17.1. The maximum atomic E-state index is 5.37. The molecule has 0 aromatic carbocycles. The molecule has 6 nitrogen and oxygen atoms in total. The van der Waals surface area contributed by atoms with Crippen LogP contribution in [0.3, 0.4) is 0 Å². The molecule has 0 atom stereocenters. The second-order valence-electron chi connectivity index (χ2n) is 3.82. The molecule has 0 fully saturated rings. The molecule has 0 radical (unpaired) electrons. The molecule has 0 saturated carbocycles. The van der Waals surface area contributed by atoms with Crippen molar-refractivity contribution in [2.24, 2.45) is 0 Å². The largest absolute Gasteiger partial charge is 0.464 e. The number of ether oxygens (including phenoxy) is 1. The molecule has 2 heterocycles. The Labute approximate surface area is 116 Å². The summed E-state index contributed by atoms with van der Waals surface area (Å²) in [5, 5.41) is 6.08. The zero-order valence-electron chi connectivity index (χ0n) is 11.1. The summed E-state index contributed by atoms with van der Waals surface area (Å²) in [5.74, 6) is 1.24. The van der Waals surface area contributed by atoms with Gasteiger partial charge in [0, 0.05) is 18.1 Å². The fourth-order valence-electron chi connectivity index (χ4n) is 1.46. The van der Waals surface area contributed by atoms with Crippen LogP contribution in [0.5, 0.6) is 6.01 Å². The van der Waals surface area contributed by atoms with Crippen molar-refractivity contribution in [1.29, 1.82) is 0 Å². The maximum Gasteiger partial charge on any atom is 0.321 e. The van der Waals surface area contributed by atoms with Crippen molar-refractivity contribution < 1.29 is 4.74 Å². The van der Waals surface area contributed by atoms with Crippen LogP contribution in [0.15, 0.2) is 11.6 Å². The highest BCUT2D eigenvalue weighted by molar-refractivity contribution is 7.09. The van der Waals surface area contributed by atoms with Crippen molar-refractivity contribution in [3.63, 3.8) is 0 Å². The molecule has 2 aromatic rings. The normalized spacial score (nSPS) is 10.4. The Morgan fingerprint density at radius 3 is 2.84 bits per heavy atom. The Morgan fingerprint density at radius 1 is 1.26 bits per heavy atom. The minimum atomic E-state index is 0.364. The monoisotopic (exact) mass is 279 g/mol. The second kappa shape index (κ2) is 6.98. The predicted molar refractivity (Wildman–Crippen MR) is 74.7 cm³/mol. The van der Waals surface area contributed by atoms with Crippen LogP contribution in [0.4, 0.5) is 5.95 Å². The number of hydrogen-bond donors (Lipinski definition) is 1. The molecule has 0 amide bonds. The minimum Gasteiger partial charge on any atom is -0.464 e. The quantitative estimate of drug-likeness (QED) is 0.837. The third-order valence-electron chi connectivity index (χ3n) is 2.26. The Bertz CT molecular complexity index is 503. The molecule has 0 aliphatic carbocycles. The van der Waals surface area contributed by atoms with Gasteiger partial charge in [-0.3, -0.25) is 0 Å². The van der Waals surface area contributed by atoms with E-state index in [-0.39, 0.29) is 0 Å². The number of hydrogen-bond acceptors (Lipinski definition) is 7. The maximum absolute atomic E-state index is 5.37. The van der Waals surface area contributed by atoms with E-state index in [4.69, 9.17) is 4.74 Å². The number of aromatic nitrogens is 4. The number of nitrogens with zero attached hydrogens (tertiary/aromatic N) is 4. The topological polar surface area (TPSA) is 72.8 Å². The molecule has 102 valence electrons. The van der Waals surface area contributed by atoms with E-state index in [1.807, 2.05) is 12.3 Å². The molecule has 0 aliphatic rings. The third-order valence-corrected chi connectivity index (χ3v) is 3.04. The van der Waals surface area contributed by atoms with Crippen LogP contribution >= 0.6 is 11.3 Å². The first-order valence-electron chi connectivity index (χ1n) is 6.31. The van der Waals surface area contributed by atoms with Gasteiger partial charge in [-0.15, -0.1) is 11.3 Å². The van der Waals surface area contributed by atoms with Gasteiger partial charge in [0.05, 0.1) is 13.0 Å². The number of anilines is 1. The fourth-order valence-corrected chi connectivity index (χ4v) is 2.08. The first-order valence-corrected chi connectivity index (χ1v) is 7.19. The van der Waals surface area contributed by atoms with E-state index in [9.17, 15) is 0 Å². The Hall–Kier alpha value is -1.76. The van der Waals surface area contributed by atoms with E-state index in [0.717, 1.165) is 18.0 Å². The summed E-state index contributed by atoms with van der Waals surface area (Å²) in [6.45, 7) is 5.36. The standard InChI is InChI=1S/C12H17N5OS/c1-3-5-14-11-15-9(8-10-13-6-7-19-10)16-12(17-11)18-4-2/h6-7H,3-5,8H2,1-2H3,(H,14,15,16,17). The van der Waals surface area contributed by atoms with E-state index in [1.165, 1.54) is 0 Å².